The molecule has 0 aliphatic carbocycles. The summed E-state index contributed by atoms with van der Waals surface area (Å²) in [6.07, 6.45) is 5.34. The number of carbonyl (C=O) groups is 1. The molecule has 32 heavy (non-hydrogen) atoms. The van der Waals surface area contributed by atoms with Crippen LogP contribution in [-0.4, -0.2) is 77.4 Å². The summed E-state index contributed by atoms with van der Waals surface area (Å²) in [4.78, 5) is 34.0. The van der Waals surface area contributed by atoms with Crippen LogP contribution in [0.4, 0.5) is 0 Å². The first-order valence-corrected chi connectivity index (χ1v) is 10.6. The second-order valence-corrected chi connectivity index (χ2v) is 7.81. The molecule has 0 saturated carbocycles. The Morgan fingerprint density at radius 1 is 1.00 bits per heavy atom. The number of imidazole rings is 1. The van der Waals surface area contributed by atoms with Gasteiger partial charge in [0.05, 0.1) is 12.2 Å². The summed E-state index contributed by atoms with van der Waals surface area (Å²) in [5, 5.41) is 8.58. The first kappa shape index (κ1) is 20.1. The molecule has 4 aromatic rings. The average molecular weight is 432 g/mol. The number of piperazine rings is 1. The molecule has 1 fully saturated rings. The van der Waals surface area contributed by atoms with E-state index in [0.717, 1.165) is 24.4 Å². The van der Waals surface area contributed by atoms with Crippen LogP contribution in [0.15, 0.2) is 59.8 Å². The van der Waals surface area contributed by atoms with E-state index in [-0.39, 0.29) is 11.5 Å². The molecule has 1 aliphatic rings. The van der Waals surface area contributed by atoms with Crippen LogP contribution < -0.4 is 5.56 Å². The lowest BCUT2D eigenvalue weighted by molar-refractivity contribution is 0.0624. The summed E-state index contributed by atoms with van der Waals surface area (Å²) in [6.45, 7) is 5.80. The molecule has 10 heteroatoms. The molecule has 0 bridgehead atoms. The zero-order chi connectivity index (χ0) is 22.1. The second kappa shape index (κ2) is 8.39. The molecule has 0 unspecified atom stereocenters. The summed E-state index contributed by atoms with van der Waals surface area (Å²) in [7, 11) is 0. The largest absolute Gasteiger partial charge is 0.335 e. The number of aryl methyl sites for hydroxylation is 1. The van der Waals surface area contributed by atoms with Crippen LogP contribution in [0.25, 0.3) is 11.5 Å². The minimum atomic E-state index is -0.141. The molecule has 0 atom stereocenters. The molecule has 1 amide bonds. The van der Waals surface area contributed by atoms with Crippen LogP contribution in [0.5, 0.6) is 0 Å². The van der Waals surface area contributed by atoms with Crippen molar-refractivity contribution in [3.8, 4) is 5.82 Å². The zero-order valence-electron chi connectivity index (χ0n) is 17.8. The van der Waals surface area contributed by atoms with Crippen molar-refractivity contribution in [3.05, 3.63) is 76.7 Å². The van der Waals surface area contributed by atoms with Gasteiger partial charge in [0.15, 0.2) is 5.82 Å². The third kappa shape index (κ3) is 3.80. The third-order valence-corrected chi connectivity index (χ3v) is 5.79. The first-order valence-electron chi connectivity index (χ1n) is 10.6. The van der Waals surface area contributed by atoms with E-state index in [2.05, 4.69) is 20.1 Å². The van der Waals surface area contributed by atoms with E-state index in [1.54, 1.807) is 23.1 Å². The van der Waals surface area contributed by atoms with Crippen LogP contribution in [0.1, 0.15) is 16.2 Å². The SMILES string of the molecule is Cc1nc2ccccn2c1C(=O)N1CCN(CCn2nc(-n3cccn3)ccc2=O)CC1. The fourth-order valence-electron chi connectivity index (χ4n) is 4.06. The highest BCUT2D eigenvalue weighted by molar-refractivity contribution is 5.94. The normalized spacial score (nSPS) is 14.8. The van der Waals surface area contributed by atoms with Gasteiger partial charge in [-0.3, -0.25) is 18.9 Å². The van der Waals surface area contributed by atoms with Gasteiger partial charge in [-0.15, -0.1) is 5.10 Å². The quantitative estimate of drug-likeness (QED) is 0.464. The van der Waals surface area contributed by atoms with Gasteiger partial charge in [0.25, 0.3) is 11.5 Å². The minimum Gasteiger partial charge on any atom is -0.335 e. The van der Waals surface area contributed by atoms with Gasteiger partial charge < -0.3 is 4.90 Å². The maximum atomic E-state index is 13.2. The molecule has 4 aromatic heterocycles. The van der Waals surface area contributed by atoms with Gasteiger partial charge in [-0.25, -0.2) is 14.3 Å². The summed E-state index contributed by atoms with van der Waals surface area (Å²) in [5.41, 5.74) is 2.01. The average Bonchev–Trinajstić information content (AvgIpc) is 3.46. The highest BCUT2D eigenvalue weighted by Crippen LogP contribution is 2.15. The Morgan fingerprint density at radius 3 is 2.62 bits per heavy atom. The van der Waals surface area contributed by atoms with Crippen molar-refractivity contribution in [2.24, 2.45) is 0 Å². The van der Waals surface area contributed by atoms with Crippen molar-refractivity contribution in [1.29, 1.82) is 0 Å². The molecule has 5 heterocycles. The number of aromatic nitrogens is 6. The summed E-state index contributed by atoms with van der Waals surface area (Å²) < 4.78 is 4.95. The smallest absolute Gasteiger partial charge is 0.272 e. The Bertz CT molecular complexity index is 1300. The van der Waals surface area contributed by atoms with Gasteiger partial charge in [-0.1, -0.05) is 6.07 Å². The van der Waals surface area contributed by atoms with Crippen LogP contribution >= 0.6 is 0 Å². The third-order valence-electron chi connectivity index (χ3n) is 5.79. The summed E-state index contributed by atoms with van der Waals surface area (Å²) in [5.74, 6) is 0.610. The highest BCUT2D eigenvalue weighted by atomic mass is 16.2. The van der Waals surface area contributed by atoms with E-state index >= 15 is 0 Å². The molecule has 10 nitrogen and oxygen atoms in total. The van der Waals surface area contributed by atoms with Gasteiger partial charge in [-0.05, 0) is 31.2 Å². The van der Waals surface area contributed by atoms with Crippen LogP contribution in [-0.2, 0) is 6.54 Å². The van der Waals surface area contributed by atoms with Gasteiger partial charge in [-0.2, -0.15) is 5.10 Å². The zero-order valence-corrected chi connectivity index (χ0v) is 17.8. The van der Waals surface area contributed by atoms with Crippen molar-refractivity contribution in [2.75, 3.05) is 32.7 Å². The number of fused-ring (bicyclic) bond motifs is 1. The molecule has 164 valence electrons. The van der Waals surface area contributed by atoms with E-state index in [9.17, 15) is 9.59 Å². The van der Waals surface area contributed by atoms with E-state index < -0.39 is 0 Å². The number of hydrogen-bond acceptors (Lipinski definition) is 6. The minimum absolute atomic E-state index is 0.00524. The Balaban J connectivity index is 1.21. The van der Waals surface area contributed by atoms with E-state index in [0.29, 0.717) is 37.7 Å². The number of pyridine rings is 1. The lowest BCUT2D eigenvalue weighted by Gasteiger charge is -2.34. The van der Waals surface area contributed by atoms with Crippen molar-refractivity contribution in [3.63, 3.8) is 0 Å². The Kier molecular flexibility index (Phi) is 5.28. The van der Waals surface area contributed by atoms with E-state index in [4.69, 9.17) is 0 Å². The number of hydrogen-bond donors (Lipinski definition) is 0. The molecule has 0 N–H and O–H groups in total. The van der Waals surface area contributed by atoms with Crippen molar-refractivity contribution >= 4 is 11.6 Å². The monoisotopic (exact) mass is 432 g/mol. The predicted molar refractivity (Wildman–Crippen MR) is 118 cm³/mol. The van der Waals surface area contributed by atoms with E-state index in [1.165, 1.54) is 10.7 Å². The summed E-state index contributed by atoms with van der Waals surface area (Å²) in [6, 6.07) is 10.7. The number of rotatable bonds is 5. The Morgan fingerprint density at radius 2 is 1.84 bits per heavy atom. The van der Waals surface area contributed by atoms with Gasteiger partial charge in [0.2, 0.25) is 0 Å². The van der Waals surface area contributed by atoms with Crippen molar-refractivity contribution < 1.29 is 4.79 Å². The maximum Gasteiger partial charge on any atom is 0.272 e. The Hall–Kier alpha value is -3.79. The topological polar surface area (TPSA) is 93.6 Å². The lowest BCUT2D eigenvalue weighted by atomic mass is 10.2. The second-order valence-electron chi connectivity index (χ2n) is 7.81. The molecule has 1 saturated heterocycles. The highest BCUT2D eigenvalue weighted by Gasteiger charge is 2.26. The molecule has 0 spiro atoms. The molecule has 0 aromatic carbocycles. The van der Waals surface area contributed by atoms with Crippen LogP contribution in [0.2, 0.25) is 0 Å². The van der Waals surface area contributed by atoms with Crippen molar-refractivity contribution in [1.82, 2.24) is 38.7 Å². The van der Waals surface area contributed by atoms with Gasteiger partial charge in [0, 0.05) is 57.4 Å². The molecule has 5 rings (SSSR count). The number of carbonyl (C=O) groups excluding carboxylic acids is 1. The van der Waals surface area contributed by atoms with Crippen LogP contribution in [0.3, 0.4) is 0 Å². The van der Waals surface area contributed by atoms with Crippen LogP contribution in [0, 0.1) is 6.92 Å². The number of amides is 1. The maximum absolute atomic E-state index is 13.2. The first-order chi connectivity index (χ1) is 15.6. The fourth-order valence-corrected chi connectivity index (χ4v) is 4.06. The Labute approximate surface area is 184 Å². The predicted octanol–water partition coefficient (Wildman–Crippen LogP) is 0.843. The standard InChI is InChI=1S/C22H24N8O2/c1-17-21(28-9-3-2-5-18(28)24-17)22(32)27-14-11-26(12-15-27)13-16-30-20(31)7-6-19(25-30)29-10-4-8-23-29/h2-10H,11-16H2,1H3. The van der Waals surface area contributed by atoms with Gasteiger partial charge >= 0.3 is 0 Å². The molecular weight excluding hydrogens is 408 g/mol. The number of nitrogens with zero attached hydrogens (tertiary/aromatic N) is 8. The van der Waals surface area contributed by atoms with Gasteiger partial charge in [0.1, 0.15) is 11.3 Å². The molecule has 1 aliphatic heterocycles. The lowest BCUT2D eigenvalue weighted by Crippen LogP contribution is -2.50. The van der Waals surface area contributed by atoms with E-state index in [1.807, 2.05) is 46.7 Å². The van der Waals surface area contributed by atoms with Crippen molar-refractivity contribution in [2.45, 2.75) is 13.5 Å². The molecular formula is C22H24N8O2. The fraction of sp³-hybridized carbons (Fsp3) is 0.318. The molecule has 0 radical (unpaired) electrons. The summed E-state index contributed by atoms with van der Waals surface area (Å²) >= 11 is 0.